The number of anilines is 3. The van der Waals surface area contributed by atoms with Gasteiger partial charge < -0.3 is 5.32 Å². The van der Waals surface area contributed by atoms with E-state index in [0.29, 0.717) is 27.7 Å². The molecule has 172 valence electrons. The van der Waals surface area contributed by atoms with E-state index in [1.54, 1.807) is 0 Å². The predicted molar refractivity (Wildman–Crippen MR) is 109 cm³/mol. The lowest BCUT2D eigenvalue weighted by Crippen LogP contribution is -2.39. The van der Waals surface area contributed by atoms with Crippen LogP contribution in [0.3, 0.4) is 0 Å². The summed E-state index contributed by atoms with van der Waals surface area (Å²) in [7, 11) is -5.49. The molecule has 2 aromatic heterocycles. The average molecular weight is 481 g/mol. The number of fused-ring (bicyclic) bond motifs is 1. The topological polar surface area (TPSA) is 117 Å². The fourth-order valence-corrected chi connectivity index (χ4v) is 4.37. The van der Waals surface area contributed by atoms with Crippen molar-refractivity contribution in [2.45, 2.75) is 24.9 Å². The molecule has 9 nitrogen and oxygen atoms in total. The maximum Gasteiger partial charge on any atom is 0.516 e. The number of benzene rings is 1. The zero-order valence-electron chi connectivity index (χ0n) is 16.7. The van der Waals surface area contributed by atoms with Crippen LogP contribution in [0, 0.1) is 17.1 Å². The molecule has 33 heavy (non-hydrogen) atoms. The molecule has 0 fully saturated rings. The Hall–Kier alpha value is -3.73. The Balaban J connectivity index is 1.57. The van der Waals surface area contributed by atoms with Crippen molar-refractivity contribution < 1.29 is 26.0 Å². The van der Waals surface area contributed by atoms with Crippen molar-refractivity contribution in [2.24, 2.45) is 0 Å². The van der Waals surface area contributed by atoms with E-state index in [4.69, 9.17) is 5.26 Å². The van der Waals surface area contributed by atoms with E-state index in [9.17, 15) is 26.0 Å². The van der Waals surface area contributed by atoms with Crippen LogP contribution in [0.4, 0.5) is 34.9 Å². The van der Waals surface area contributed by atoms with Crippen LogP contribution in [0.5, 0.6) is 0 Å². The largest absolute Gasteiger partial charge is 0.516 e. The molecule has 0 unspecified atom stereocenters. The van der Waals surface area contributed by atoms with Gasteiger partial charge in [-0.25, -0.2) is 14.4 Å². The molecule has 4 rings (SSSR count). The number of halogens is 4. The Morgan fingerprint density at radius 1 is 1.24 bits per heavy atom. The van der Waals surface area contributed by atoms with E-state index in [0.717, 1.165) is 6.20 Å². The monoisotopic (exact) mass is 481 g/mol. The molecular weight excluding hydrogens is 466 g/mol. The first-order valence-corrected chi connectivity index (χ1v) is 11.0. The lowest BCUT2D eigenvalue weighted by atomic mass is 10.1. The molecule has 0 spiro atoms. The highest BCUT2D eigenvalue weighted by molar-refractivity contribution is 7.93. The van der Waals surface area contributed by atoms with Gasteiger partial charge in [0.05, 0.1) is 37.1 Å². The first kappa shape index (κ1) is 22.5. The number of nitrogens with zero attached hydrogens (tertiary/aromatic N) is 6. The lowest BCUT2D eigenvalue weighted by Gasteiger charge is -2.21. The molecule has 0 saturated heterocycles. The molecule has 1 aliphatic rings. The molecule has 1 N–H and O–H groups in total. The molecule has 0 bridgehead atoms. The third-order valence-corrected chi connectivity index (χ3v) is 6.42. The van der Waals surface area contributed by atoms with Crippen LogP contribution in [-0.2, 0) is 23.0 Å². The molecule has 0 amide bonds. The second-order valence-electron chi connectivity index (χ2n) is 7.03. The van der Waals surface area contributed by atoms with Crippen molar-refractivity contribution in [3.05, 3.63) is 48.2 Å². The smallest absolute Gasteiger partial charge is 0.324 e. The number of hydrogen-bond acceptors (Lipinski definition) is 7. The van der Waals surface area contributed by atoms with Crippen LogP contribution in [0.15, 0.2) is 36.8 Å². The van der Waals surface area contributed by atoms with Crippen molar-refractivity contribution in [3.63, 3.8) is 0 Å². The number of aromatic nitrogens is 4. The van der Waals surface area contributed by atoms with E-state index in [1.165, 1.54) is 35.3 Å². The van der Waals surface area contributed by atoms with Crippen LogP contribution in [-0.4, -0.2) is 40.2 Å². The van der Waals surface area contributed by atoms with E-state index >= 15 is 0 Å². The van der Waals surface area contributed by atoms with Crippen LogP contribution in [0.1, 0.15) is 12.0 Å². The van der Waals surface area contributed by atoms with Crippen LogP contribution >= 0.6 is 0 Å². The maximum absolute atomic E-state index is 14.3. The fourth-order valence-electron chi connectivity index (χ4n) is 3.36. The first-order valence-electron chi connectivity index (χ1n) is 9.51. The Bertz CT molecular complexity index is 1350. The minimum Gasteiger partial charge on any atom is -0.324 e. The minimum atomic E-state index is -5.49. The molecule has 0 aliphatic carbocycles. The first-order chi connectivity index (χ1) is 15.6. The molecule has 3 heterocycles. The van der Waals surface area contributed by atoms with Crippen LogP contribution < -0.4 is 9.62 Å². The van der Waals surface area contributed by atoms with E-state index in [2.05, 4.69) is 20.4 Å². The highest BCUT2D eigenvalue weighted by Gasteiger charge is 2.51. The maximum atomic E-state index is 14.3. The van der Waals surface area contributed by atoms with Gasteiger partial charge in [-0.3, -0.25) is 8.99 Å². The van der Waals surface area contributed by atoms with Gasteiger partial charge in [-0.2, -0.15) is 31.9 Å². The van der Waals surface area contributed by atoms with Crippen molar-refractivity contribution in [2.75, 3.05) is 16.2 Å². The number of alkyl halides is 3. The van der Waals surface area contributed by atoms with Crippen molar-refractivity contribution in [3.8, 4) is 17.3 Å². The Kier molecular flexibility index (Phi) is 5.66. The summed E-state index contributed by atoms with van der Waals surface area (Å²) in [5.74, 6) is -0.670. The van der Waals surface area contributed by atoms with E-state index in [-0.39, 0.29) is 36.7 Å². The van der Waals surface area contributed by atoms with Gasteiger partial charge in [-0.05, 0) is 30.2 Å². The third kappa shape index (κ3) is 4.31. The van der Waals surface area contributed by atoms with Crippen LogP contribution in [0.25, 0.3) is 11.3 Å². The number of nitrogens with one attached hydrogen (secondary N) is 1. The highest BCUT2D eigenvalue weighted by Crippen LogP contribution is 2.38. The Morgan fingerprint density at radius 3 is 2.76 bits per heavy atom. The minimum absolute atomic E-state index is 0.0221. The van der Waals surface area contributed by atoms with Gasteiger partial charge in [-0.1, -0.05) is 0 Å². The van der Waals surface area contributed by atoms with Gasteiger partial charge in [0.2, 0.25) is 5.95 Å². The van der Waals surface area contributed by atoms with Crippen molar-refractivity contribution in [1.29, 1.82) is 5.26 Å². The summed E-state index contributed by atoms with van der Waals surface area (Å²) in [4.78, 5) is 8.01. The quantitative estimate of drug-likeness (QED) is 0.537. The van der Waals surface area contributed by atoms with Gasteiger partial charge in [0.25, 0.3) is 0 Å². The second-order valence-corrected chi connectivity index (χ2v) is 8.89. The Labute approximate surface area is 185 Å². The van der Waals surface area contributed by atoms with Gasteiger partial charge in [-0.15, -0.1) is 0 Å². The SMILES string of the molecule is N#CCCn1cc(-c2nc(Nc3ccc4c(c3)CCN4S(=O)(=O)C(F)(F)F)ncc2F)cn1. The molecule has 3 aromatic rings. The molecular formula is C19H15F4N7O2S. The zero-order chi connectivity index (χ0) is 23.8. The summed E-state index contributed by atoms with van der Waals surface area (Å²) in [6, 6.07) is 6.13. The fraction of sp³-hybridized carbons (Fsp3) is 0.263. The average Bonchev–Trinajstić information content (AvgIpc) is 3.40. The zero-order valence-corrected chi connectivity index (χ0v) is 17.5. The summed E-state index contributed by atoms with van der Waals surface area (Å²) < 4.78 is 78.4. The summed E-state index contributed by atoms with van der Waals surface area (Å²) in [6.07, 6.45) is 4.23. The van der Waals surface area contributed by atoms with Gasteiger partial charge in [0.15, 0.2) is 5.82 Å². The van der Waals surface area contributed by atoms with Crippen molar-refractivity contribution >= 4 is 27.3 Å². The van der Waals surface area contributed by atoms with Gasteiger partial charge >= 0.3 is 15.5 Å². The summed E-state index contributed by atoms with van der Waals surface area (Å²) in [6.45, 7) is 0.0120. The molecule has 1 aliphatic heterocycles. The van der Waals surface area contributed by atoms with Gasteiger partial charge in [0, 0.05) is 24.0 Å². The summed E-state index contributed by atoms with van der Waals surface area (Å²) >= 11 is 0. The highest BCUT2D eigenvalue weighted by atomic mass is 32.2. The molecule has 0 atom stereocenters. The third-order valence-electron chi connectivity index (χ3n) is 4.87. The standard InChI is InChI=1S/C19H15F4N7O2S/c20-15-10-25-18(28-17(15)13-9-26-29(11-13)6-1-5-24)27-14-2-3-16-12(8-14)4-7-30(16)33(31,32)19(21,22)23/h2-3,8-11H,1,4,6-7H2,(H,25,27,28). The van der Waals surface area contributed by atoms with E-state index in [1.807, 2.05) is 6.07 Å². The van der Waals surface area contributed by atoms with Crippen molar-refractivity contribution in [1.82, 2.24) is 19.7 Å². The Morgan fingerprint density at radius 2 is 2.03 bits per heavy atom. The molecule has 14 heteroatoms. The normalized spacial score (nSPS) is 13.6. The molecule has 0 radical (unpaired) electrons. The second kappa shape index (κ2) is 8.32. The van der Waals surface area contributed by atoms with Gasteiger partial charge in [0.1, 0.15) is 5.69 Å². The molecule has 0 saturated carbocycles. The molecule has 1 aromatic carbocycles. The predicted octanol–water partition coefficient (Wildman–Crippen LogP) is 3.35. The lowest BCUT2D eigenvalue weighted by molar-refractivity contribution is -0.0437. The summed E-state index contributed by atoms with van der Waals surface area (Å²) in [5, 5.41) is 15.6. The summed E-state index contributed by atoms with van der Waals surface area (Å²) in [5.41, 5.74) is -4.32. The van der Waals surface area contributed by atoms with Crippen LogP contribution in [0.2, 0.25) is 0 Å². The number of sulfonamides is 1. The number of nitriles is 1. The number of aryl methyl sites for hydroxylation is 1. The number of hydrogen-bond donors (Lipinski definition) is 1. The number of rotatable bonds is 6. The van der Waals surface area contributed by atoms with E-state index < -0.39 is 21.3 Å².